The number of nitrogens with one attached hydrogen (secondary N) is 2. The Bertz CT molecular complexity index is 792. The Morgan fingerprint density at radius 1 is 1.24 bits per heavy atom. The molecule has 1 aliphatic heterocycles. The summed E-state index contributed by atoms with van der Waals surface area (Å²) in [5, 5.41) is 4.47. The number of hydrogen-bond acceptors (Lipinski definition) is 4. The van der Waals surface area contributed by atoms with E-state index in [0.29, 0.717) is 6.04 Å². The Hall–Kier alpha value is -2.40. The summed E-state index contributed by atoms with van der Waals surface area (Å²) in [4.78, 5) is 12.1. The summed E-state index contributed by atoms with van der Waals surface area (Å²) < 4.78 is 5.16. The van der Waals surface area contributed by atoms with Crippen molar-refractivity contribution < 1.29 is 4.74 Å². The van der Waals surface area contributed by atoms with Crippen LogP contribution in [0.1, 0.15) is 5.69 Å². The van der Waals surface area contributed by atoms with Crippen molar-refractivity contribution in [2.24, 2.45) is 0 Å². The van der Waals surface area contributed by atoms with Crippen LogP contribution < -0.4 is 5.32 Å². The molecule has 5 nitrogen and oxygen atoms in total. The third kappa shape index (κ3) is 2.36. The zero-order chi connectivity index (χ0) is 14.2. The minimum Gasteiger partial charge on any atom is -0.377 e. The molecule has 0 amide bonds. The zero-order valence-electron chi connectivity index (χ0n) is 11.8. The van der Waals surface area contributed by atoms with Crippen LogP contribution in [0.2, 0.25) is 0 Å². The molecule has 1 fully saturated rings. The van der Waals surface area contributed by atoms with Gasteiger partial charge in [-0.2, -0.15) is 0 Å². The lowest BCUT2D eigenvalue weighted by Gasteiger charge is -2.27. The first kappa shape index (κ1) is 12.3. The summed E-state index contributed by atoms with van der Waals surface area (Å²) in [5.74, 6) is 0.884. The fraction of sp³-hybridized carbons (Fsp3) is 0.250. The van der Waals surface area contributed by atoms with E-state index in [1.807, 2.05) is 31.5 Å². The molecule has 5 heteroatoms. The Kier molecular flexibility index (Phi) is 2.86. The van der Waals surface area contributed by atoms with E-state index in [1.54, 1.807) is 0 Å². The van der Waals surface area contributed by atoms with Gasteiger partial charge in [-0.1, -0.05) is 0 Å². The first-order valence-electron chi connectivity index (χ1n) is 7.04. The average molecular weight is 280 g/mol. The summed E-state index contributed by atoms with van der Waals surface area (Å²) >= 11 is 0. The van der Waals surface area contributed by atoms with Crippen molar-refractivity contribution >= 4 is 16.7 Å². The molecule has 4 heterocycles. The average Bonchev–Trinajstić information content (AvgIpc) is 2.86. The summed E-state index contributed by atoms with van der Waals surface area (Å²) in [7, 11) is 0. The van der Waals surface area contributed by atoms with Gasteiger partial charge in [-0.25, -0.2) is 4.98 Å². The molecule has 2 N–H and O–H groups in total. The van der Waals surface area contributed by atoms with Crippen LogP contribution in [0.4, 0.5) is 5.82 Å². The summed E-state index contributed by atoms with van der Waals surface area (Å²) in [5.41, 5.74) is 4.32. The number of H-pyrrole nitrogens is 1. The van der Waals surface area contributed by atoms with Gasteiger partial charge >= 0.3 is 0 Å². The molecule has 0 spiro atoms. The van der Waals surface area contributed by atoms with Crippen molar-refractivity contribution in [2.45, 2.75) is 13.0 Å². The second-order valence-electron chi connectivity index (χ2n) is 5.40. The van der Waals surface area contributed by atoms with E-state index in [1.165, 1.54) is 0 Å². The number of aromatic nitrogens is 3. The van der Waals surface area contributed by atoms with E-state index < -0.39 is 0 Å². The number of rotatable bonds is 3. The minimum absolute atomic E-state index is 0.382. The van der Waals surface area contributed by atoms with Crippen LogP contribution in [0.5, 0.6) is 0 Å². The van der Waals surface area contributed by atoms with Crippen molar-refractivity contribution in [3.63, 3.8) is 0 Å². The van der Waals surface area contributed by atoms with Crippen LogP contribution in [0, 0.1) is 6.92 Å². The molecule has 0 unspecified atom stereocenters. The van der Waals surface area contributed by atoms with Crippen molar-refractivity contribution in [1.29, 1.82) is 0 Å². The van der Waals surface area contributed by atoms with Crippen LogP contribution in [-0.4, -0.2) is 34.2 Å². The van der Waals surface area contributed by atoms with Crippen molar-refractivity contribution in [3.05, 3.63) is 42.4 Å². The second-order valence-corrected chi connectivity index (χ2v) is 5.40. The normalized spacial score (nSPS) is 15.1. The van der Waals surface area contributed by atoms with Crippen LogP contribution in [0.3, 0.4) is 0 Å². The highest BCUT2D eigenvalue weighted by atomic mass is 16.5. The smallest absolute Gasteiger partial charge is 0.128 e. The molecule has 0 atom stereocenters. The molecule has 0 aromatic carbocycles. The SMILES string of the molecule is Cc1cc(-c2cc3cnc(NC4COC4)cc3[nH]2)ccn1. The maximum absolute atomic E-state index is 5.16. The summed E-state index contributed by atoms with van der Waals surface area (Å²) in [6.45, 7) is 3.51. The second kappa shape index (κ2) is 4.86. The molecular weight excluding hydrogens is 264 g/mol. The van der Waals surface area contributed by atoms with Crippen LogP contribution in [0.25, 0.3) is 22.2 Å². The van der Waals surface area contributed by atoms with E-state index in [9.17, 15) is 0 Å². The predicted molar refractivity (Wildman–Crippen MR) is 82.3 cm³/mol. The molecule has 3 aromatic rings. The van der Waals surface area contributed by atoms with Gasteiger partial charge in [0, 0.05) is 40.8 Å². The molecular formula is C16H16N4O. The maximum atomic E-state index is 5.16. The number of aromatic amines is 1. The van der Waals surface area contributed by atoms with E-state index in [0.717, 1.165) is 46.9 Å². The topological polar surface area (TPSA) is 62.8 Å². The lowest BCUT2D eigenvalue weighted by Crippen LogP contribution is -2.40. The summed E-state index contributed by atoms with van der Waals surface area (Å²) in [6, 6.07) is 8.63. The number of anilines is 1. The predicted octanol–water partition coefficient (Wildman–Crippen LogP) is 2.74. The van der Waals surface area contributed by atoms with E-state index in [2.05, 4.69) is 32.4 Å². The number of fused-ring (bicyclic) bond motifs is 1. The minimum atomic E-state index is 0.382. The van der Waals surface area contributed by atoms with Gasteiger partial charge in [-0.15, -0.1) is 0 Å². The Balaban J connectivity index is 1.68. The molecule has 0 saturated carbocycles. The van der Waals surface area contributed by atoms with Crippen LogP contribution >= 0.6 is 0 Å². The molecule has 0 bridgehead atoms. The van der Waals surface area contributed by atoms with Crippen molar-refractivity contribution in [1.82, 2.24) is 15.0 Å². The monoisotopic (exact) mass is 280 g/mol. The van der Waals surface area contributed by atoms with Crippen molar-refractivity contribution in [2.75, 3.05) is 18.5 Å². The molecule has 106 valence electrons. The first-order valence-corrected chi connectivity index (χ1v) is 7.04. The molecule has 0 aliphatic carbocycles. The highest BCUT2D eigenvalue weighted by Crippen LogP contribution is 2.25. The van der Waals surface area contributed by atoms with Gasteiger partial charge in [-0.3, -0.25) is 4.98 Å². The number of nitrogens with zero attached hydrogens (tertiary/aromatic N) is 2. The number of pyridine rings is 2. The Morgan fingerprint density at radius 2 is 2.14 bits per heavy atom. The van der Waals surface area contributed by atoms with Gasteiger partial charge in [0.2, 0.25) is 0 Å². The van der Waals surface area contributed by atoms with Gasteiger partial charge in [0.25, 0.3) is 0 Å². The van der Waals surface area contributed by atoms with E-state index in [-0.39, 0.29) is 0 Å². The molecule has 3 aromatic heterocycles. The largest absolute Gasteiger partial charge is 0.377 e. The lowest BCUT2D eigenvalue weighted by molar-refractivity contribution is 0.0209. The quantitative estimate of drug-likeness (QED) is 0.774. The van der Waals surface area contributed by atoms with Gasteiger partial charge in [0.1, 0.15) is 5.82 Å². The van der Waals surface area contributed by atoms with Crippen LogP contribution in [0.15, 0.2) is 36.7 Å². The molecule has 21 heavy (non-hydrogen) atoms. The fourth-order valence-corrected chi connectivity index (χ4v) is 2.50. The molecule has 1 aliphatic rings. The first-order chi connectivity index (χ1) is 10.3. The molecule has 0 radical (unpaired) electrons. The van der Waals surface area contributed by atoms with Crippen molar-refractivity contribution in [3.8, 4) is 11.3 Å². The van der Waals surface area contributed by atoms with E-state index >= 15 is 0 Å². The Morgan fingerprint density at radius 3 is 2.90 bits per heavy atom. The zero-order valence-corrected chi connectivity index (χ0v) is 11.8. The highest BCUT2D eigenvalue weighted by Gasteiger charge is 2.18. The van der Waals surface area contributed by atoms with Crippen LogP contribution in [-0.2, 0) is 4.74 Å². The highest BCUT2D eigenvalue weighted by molar-refractivity contribution is 5.86. The summed E-state index contributed by atoms with van der Waals surface area (Å²) in [6.07, 6.45) is 3.73. The van der Waals surface area contributed by atoms with E-state index in [4.69, 9.17) is 4.74 Å². The van der Waals surface area contributed by atoms with Gasteiger partial charge < -0.3 is 15.0 Å². The van der Waals surface area contributed by atoms with Gasteiger partial charge in [-0.05, 0) is 25.1 Å². The fourth-order valence-electron chi connectivity index (χ4n) is 2.50. The number of ether oxygens (including phenoxy) is 1. The standard InChI is InChI=1S/C16H16N4O/c1-10-4-11(2-3-17-10)14-5-12-7-18-16(6-15(12)20-14)19-13-8-21-9-13/h2-7,13,20H,8-9H2,1H3,(H,18,19). The van der Waals surface area contributed by atoms with Gasteiger partial charge in [0.05, 0.1) is 24.8 Å². The Labute approximate surface area is 122 Å². The number of hydrogen-bond donors (Lipinski definition) is 2. The lowest BCUT2D eigenvalue weighted by atomic mass is 10.2. The maximum Gasteiger partial charge on any atom is 0.128 e. The third-order valence-electron chi connectivity index (χ3n) is 3.70. The number of aryl methyl sites for hydroxylation is 1. The molecule has 1 saturated heterocycles. The van der Waals surface area contributed by atoms with Gasteiger partial charge in [0.15, 0.2) is 0 Å². The third-order valence-corrected chi connectivity index (χ3v) is 3.70. The molecule has 4 rings (SSSR count).